The van der Waals surface area contributed by atoms with Gasteiger partial charge in [-0.25, -0.2) is 0 Å². The van der Waals surface area contributed by atoms with E-state index < -0.39 is 0 Å². The van der Waals surface area contributed by atoms with Gasteiger partial charge in [-0.3, -0.25) is 14.3 Å². The Kier molecular flexibility index (Phi) is 7.33. The predicted octanol–water partition coefficient (Wildman–Crippen LogP) is 2.90. The van der Waals surface area contributed by atoms with Crippen LogP contribution in [0.15, 0.2) is 0 Å². The summed E-state index contributed by atoms with van der Waals surface area (Å²) in [5, 5.41) is 7.89. The van der Waals surface area contributed by atoms with E-state index >= 15 is 0 Å². The van der Waals surface area contributed by atoms with E-state index in [-0.39, 0.29) is 23.2 Å². The molecule has 1 aromatic rings. The molecule has 1 fully saturated rings. The number of nitrogens with one attached hydrogen (secondary N) is 1. The molecule has 7 heteroatoms. The van der Waals surface area contributed by atoms with Gasteiger partial charge >= 0.3 is 5.97 Å². The first kappa shape index (κ1) is 21.8. The number of esters is 1. The second kappa shape index (κ2) is 9.74. The Morgan fingerprint density at radius 1 is 1.28 bits per heavy atom. The van der Waals surface area contributed by atoms with Gasteiger partial charge in [0.15, 0.2) is 0 Å². The number of hydrogen-bond acceptors (Lipinski definition) is 5. The highest BCUT2D eigenvalue weighted by atomic mass is 16.5. The van der Waals surface area contributed by atoms with E-state index in [9.17, 15) is 9.59 Å². The first-order chi connectivity index (χ1) is 14.0. The van der Waals surface area contributed by atoms with Crippen LogP contribution in [0, 0.1) is 11.3 Å². The van der Waals surface area contributed by atoms with Crippen LogP contribution < -0.4 is 5.32 Å². The fraction of sp³-hybridized carbons (Fsp3) is 0.773. The van der Waals surface area contributed by atoms with Gasteiger partial charge in [-0.05, 0) is 43.9 Å². The summed E-state index contributed by atoms with van der Waals surface area (Å²) in [6, 6.07) is 0. The fourth-order valence-corrected chi connectivity index (χ4v) is 4.48. The number of carbonyl (C=O) groups is 2. The summed E-state index contributed by atoms with van der Waals surface area (Å²) in [6.07, 6.45) is 5.78. The van der Waals surface area contributed by atoms with Gasteiger partial charge < -0.3 is 14.8 Å². The molecule has 1 aromatic heterocycles. The fourth-order valence-electron chi connectivity index (χ4n) is 4.48. The molecular weight excluding hydrogens is 370 g/mol. The molecule has 0 radical (unpaired) electrons. The maximum atomic E-state index is 12.8. The highest BCUT2D eigenvalue weighted by Crippen LogP contribution is 2.37. The summed E-state index contributed by atoms with van der Waals surface area (Å²) in [5.41, 5.74) is 2.69. The standard InChI is InChI=1S/C22H35N3O4/c1-4-16(5-2)21(27)29-11-7-10-25-18-14-22(8-12-28-13-9-22)15-23-20(26)19(18)17(6-3)24-25/h16H,4-15H2,1-3H3,(H,23,26). The molecule has 0 bridgehead atoms. The van der Waals surface area contributed by atoms with Crippen LogP contribution in [-0.2, 0) is 33.7 Å². The minimum Gasteiger partial charge on any atom is -0.465 e. The van der Waals surface area contributed by atoms with Crippen molar-refractivity contribution in [1.82, 2.24) is 15.1 Å². The minimum absolute atomic E-state index is 0.00775. The van der Waals surface area contributed by atoms with Crippen molar-refractivity contribution >= 4 is 11.9 Å². The average molecular weight is 406 g/mol. The van der Waals surface area contributed by atoms with Crippen molar-refractivity contribution in [2.45, 2.75) is 72.3 Å². The molecule has 0 aliphatic carbocycles. The third-order valence-corrected chi connectivity index (χ3v) is 6.49. The monoisotopic (exact) mass is 405 g/mol. The van der Waals surface area contributed by atoms with Crippen molar-refractivity contribution in [3.63, 3.8) is 0 Å². The lowest BCUT2D eigenvalue weighted by atomic mass is 9.76. The van der Waals surface area contributed by atoms with Gasteiger partial charge in [-0.2, -0.15) is 5.10 Å². The Hall–Kier alpha value is -1.89. The Balaban J connectivity index is 1.71. The second-order valence-corrected chi connectivity index (χ2v) is 8.35. The Morgan fingerprint density at radius 3 is 2.66 bits per heavy atom. The van der Waals surface area contributed by atoms with Crippen LogP contribution in [0.1, 0.15) is 74.6 Å². The molecule has 1 amide bonds. The van der Waals surface area contributed by atoms with E-state index in [1.54, 1.807) is 0 Å². The highest BCUT2D eigenvalue weighted by Gasteiger charge is 2.39. The Labute approximate surface area is 173 Å². The first-order valence-corrected chi connectivity index (χ1v) is 11.1. The molecule has 7 nitrogen and oxygen atoms in total. The molecule has 0 atom stereocenters. The molecular formula is C22H35N3O4. The molecule has 1 saturated heterocycles. The van der Waals surface area contributed by atoms with Crippen LogP contribution in [0.4, 0.5) is 0 Å². The molecule has 0 saturated carbocycles. The van der Waals surface area contributed by atoms with Gasteiger partial charge in [-0.15, -0.1) is 0 Å². The smallest absolute Gasteiger partial charge is 0.308 e. The number of nitrogens with zero attached hydrogens (tertiary/aromatic N) is 2. The maximum absolute atomic E-state index is 12.8. The number of aryl methyl sites for hydroxylation is 2. The zero-order valence-corrected chi connectivity index (χ0v) is 18.1. The van der Waals surface area contributed by atoms with Crippen molar-refractivity contribution < 1.29 is 19.1 Å². The van der Waals surface area contributed by atoms with E-state index in [1.165, 1.54) is 0 Å². The van der Waals surface area contributed by atoms with Crippen molar-refractivity contribution in [2.75, 3.05) is 26.4 Å². The number of amides is 1. The van der Waals surface area contributed by atoms with Crippen LogP contribution in [0.25, 0.3) is 0 Å². The lowest BCUT2D eigenvalue weighted by Crippen LogP contribution is -2.40. The SMILES string of the molecule is CCc1nn(CCCOC(=O)C(CC)CC)c2c1C(=O)NCC1(CCOCC1)C2. The number of fused-ring (bicyclic) bond motifs is 1. The van der Waals surface area contributed by atoms with E-state index in [2.05, 4.69) is 5.32 Å². The number of aromatic nitrogens is 2. The van der Waals surface area contributed by atoms with E-state index in [4.69, 9.17) is 14.6 Å². The summed E-state index contributed by atoms with van der Waals surface area (Å²) >= 11 is 0. The Bertz CT molecular complexity index is 718. The summed E-state index contributed by atoms with van der Waals surface area (Å²) in [4.78, 5) is 24.9. The van der Waals surface area contributed by atoms with Gasteiger partial charge in [0.05, 0.1) is 29.5 Å². The number of carbonyl (C=O) groups excluding carboxylic acids is 2. The molecule has 162 valence electrons. The average Bonchev–Trinajstić information content (AvgIpc) is 3.01. The molecule has 0 unspecified atom stereocenters. The zero-order valence-electron chi connectivity index (χ0n) is 18.1. The summed E-state index contributed by atoms with van der Waals surface area (Å²) < 4.78 is 13.0. The molecule has 29 heavy (non-hydrogen) atoms. The molecule has 2 aliphatic rings. The molecule has 1 spiro atoms. The minimum atomic E-state index is -0.107. The zero-order chi connectivity index (χ0) is 20.9. The summed E-state index contributed by atoms with van der Waals surface area (Å²) in [5.74, 6) is -0.129. The van der Waals surface area contributed by atoms with Gasteiger partial charge in [-0.1, -0.05) is 20.8 Å². The third-order valence-electron chi connectivity index (χ3n) is 6.49. The van der Waals surface area contributed by atoms with E-state index in [0.29, 0.717) is 26.1 Å². The van der Waals surface area contributed by atoms with Crippen LogP contribution in [0.2, 0.25) is 0 Å². The third kappa shape index (κ3) is 4.82. The molecule has 3 heterocycles. The molecule has 1 N–H and O–H groups in total. The first-order valence-electron chi connectivity index (χ1n) is 11.1. The van der Waals surface area contributed by atoms with E-state index in [0.717, 1.165) is 68.7 Å². The van der Waals surface area contributed by atoms with Crippen molar-refractivity contribution in [3.8, 4) is 0 Å². The Morgan fingerprint density at radius 2 is 2.00 bits per heavy atom. The molecule has 0 aromatic carbocycles. The van der Waals surface area contributed by atoms with E-state index in [1.807, 2.05) is 25.5 Å². The summed E-state index contributed by atoms with van der Waals surface area (Å²) in [6.45, 7) is 9.27. The molecule has 2 aliphatic heterocycles. The normalized spacial score (nSPS) is 18.4. The van der Waals surface area contributed by atoms with Crippen molar-refractivity contribution in [2.24, 2.45) is 11.3 Å². The van der Waals surface area contributed by atoms with Crippen molar-refractivity contribution in [1.29, 1.82) is 0 Å². The largest absolute Gasteiger partial charge is 0.465 e. The number of rotatable bonds is 8. The van der Waals surface area contributed by atoms with Gasteiger partial charge in [0.25, 0.3) is 5.91 Å². The van der Waals surface area contributed by atoms with Crippen LogP contribution in [-0.4, -0.2) is 48.0 Å². The van der Waals surface area contributed by atoms with Crippen molar-refractivity contribution in [3.05, 3.63) is 17.0 Å². The maximum Gasteiger partial charge on any atom is 0.308 e. The van der Waals surface area contributed by atoms with Crippen LogP contribution in [0.3, 0.4) is 0 Å². The molecule has 3 rings (SSSR count). The number of ether oxygens (including phenoxy) is 2. The second-order valence-electron chi connectivity index (χ2n) is 8.35. The van der Waals surface area contributed by atoms with Gasteiger partial charge in [0.1, 0.15) is 0 Å². The lowest BCUT2D eigenvalue weighted by molar-refractivity contribution is -0.148. The quantitative estimate of drug-likeness (QED) is 0.531. The van der Waals surface area contributed by atoms with Crippen LogP contribution in [0.5, 0.6) is 0 Å². The topological polar surface area (TPSA) is 82.5 Å². The number of hydrogen-bond donors (Lipinski definition) is 1. The lowest BCUT2D eigenvalue weighted by Gasteiger charge is -2.36. The predicted molar refractivity (Wildman–Crippen MR) is 110 cm³/mol. The van der Waals surface area contributed by atoms with Gasteiger partial charge in [0.2, 0.25) is 0 Å². The highest BCUT2D eigenvalue weighted by molar-refractivity contribution is 5.97. The van der Waals surface area contributed by atoms with Gasteiger partial charge in [0, 0.05) is 32.7 Å². The van der Waals surface area contributed by atoms with Crippen LogP contribution >= 0.6 is 0 Å². The summed E-state index contributed by atoms with van der Waals surface area (Å²) in [7, 11) is 0.